The van der Waals surface area contributed by atoms with Gasteiger partial charge in [-0.2, -0.15) is 5.26 Å². The van der Waals surface area contributed by atoms with Gasteiger partial charge >= 0.3 is 0 Å². The fourth-order valence-corrected chi connectivity index (χ4v) is 3.01. The van der Waals surface area contributed by atoms with Crippen LogP contribution in [0.15, 0.2) is 42.5 Å². The van der Waals surface area contributed by atoms with Crippen molar-refractivity contribution in [1.82, 2.24) is 0 Å². The second kappa shape index (κ2) is 7.85. The van der Waals surface area contributed by atoms with E-state index in [2.05, 4.69) is 5.32 Å². The summed E-state index contributed by atoms with van der Waals surface area (Å²) in [5, 5.41) is 23.2. The van der Waals surface area contributed by atoms with Crippen LogP contribution in [0.2, 0.25) is 0 Å². The zero-order valence-electron chi connectivity index (χ0n) is 14.7. The molecule has 0 aromatic heterocycles. The van der Waals surface area contributed by atoms with Gasteiger partial charge in [0.25, 0.3) is 11.6 Å². The van der Waals surface area contributed by atoms with Gasteiger partial charge in [0.2, 0.25) is 0 Å². The van der Waals surface area contributed by atoms with Gasteiger partial charge in [0, 0.05) is 29.9 Å². The number of nitrogens with zero attached hydrogens (tertiary/aromatic N) is 3. The lowest BCUT2D eigenvalue weighted by atomic mass is 10.1. The molecule has 138 valence electrons. The van der Waals surface area contributed by atoms with Gasteiger partial charge in [0.15, 0.2) is 0 Å². The number of amides is 1. The lowest BCUT2D eigenvalue weighted by Gasteiger charge is -2.34. The molecule has 1 saturated heterocycles. The molecular formula is C19H18N4O4. The first-order chi connectivity index (χ1) is 13.0. The molecule has 0 radical (unpaired) electrons. The van der Waals surface area contributed by atoms with E-state index in [0.717, 1.165) is 0 Å². The molecule has 0 aliphatic carbocycles. The number of morpholine rings is 1. The van der Waals surface area contributed by atoms with E-state index in [1.807, 2.05) is 17.9 Å². The molecule has 1 fully saturated rings. The van der Waals surface area contributed by atoms with Crippen molar-refractivity contribution in [2.24, 2.45) is 0 Å². The average Bonchev–Trinajstić information content (AvgIpc) is 2.68. The van der Waals surface area contributed by atoms with Crippen molar-refractivity contribution < 1.29 is 14.5 Å². The summed E-state index contributed by atoms with van der Waals surface area (Å²) in [5.41, 5.74) is 1.39. The molecule has 1 amide bonds. The number of nitriles is 1. The standard InChI is InChI=1S/C19H18N4O4/c1-13-12-27-8-7-22(13)17-6-5-15(10-18(17)23(25)26)19(24)21-16-4-2-3-14(9-16)11-20/h2-6,9-10,13H,7-8,12H2,1H3,(H,21,24)/t13-/m1/s1. The third-order valence-corrected chi connectivity index (χ3v) is 4.36. The van der Waals surface area contributed by atoms with Gasteiger partial charge in [-0.25, -0.2) is 0 Å². The van der Waals surface area contributed by atoms with Gasteiger partial charge in [-0.15, -0.1) is 0 Å². The Labute approximate surface area is 156 Å². The van der Waals surface area contributed by atoms with Crippen LogP contribution >= 0.6 is 0 Å². The second-order valence-electron chi connectivity index (χ2n) is 6.22. The largest absolute Gasteiger partial charge is 0.377 e. The fourth-order valence-electron chi connectivity index (χ4n) is 3.01. The van der Waals surface area contributed by atoms with Gasteiger partial charge in [0.05, 0.1) is 29.8 Å². The maximum atomic E-state index is 12.5. The SMILES string of the molecule is C[C@@H]1COCCN1c1ccc(C(=O)Nc2cccc(C#N)c2)cc1[N+](=O)[O-]. The number of anilines is 2. The molecule has 1 atom stereocenters. The van der Waals surface area contributed by atoms with Crippen molar-refractivity contribution in [3.63, 3.8) is 0 Å². The van der Waals surface area contributed by atoms with Gasteiger partial charge in [-0.1, -0.05) is 6.07 Å². The summed E-state index contributed by atoms with van der Waals surface area (Å²) in [7, 11) is 0. The highest BCUT2D eigenvalue weighted by Crippen LogP contribution is 2.32. The van der Waals surface area contributed by atoms with Crippen molar-refractivity contribution in [3.8, 4) is 6.07 Å². The zero-order valence-corrected chi connectivity index (χ0v) is 14.7. The minimum absolute atomic E-state index is 0.00541. The predicted molar refractivity (Wildman–Crippen MR) is 99.8 cm³/mol. The zero-order chi connectivity index (χ0) is 19.4. The van der Waals surface area contributed by atoms with Crippen LogP contribution in [0.5, 0.6) is 0 Å². The van der Waals surface area contributed by atoms with Crippen LogP contribution in [0.3, 0.4) is 0 Å². The van der Waals surface area contributed by atoms with Crippen LogP contribution in [0.25, 0.3) is 0 Å². The third kappa shape index (κ3) is 4.04. The molecule has 2 aromatic carbocycles. The minimum Gasteiger partial charge on any atom is -0.377 e. The van der Waals surface area contributed by atoms with Gasteiger partial charge in [-0.3, -0.25) is 14.9 Å². The molecule has 1 aliphatic rings. The molecule has 27 heavy (non-hydrogen) atoms. The molecule has 8 nitrogen and oxygen atoms in total. The van der Waals surface area contributed by atoms with Crippen molar-refractivity contribution in [1.29, 1.82) is 5.26 Å². The van der Waals surface area contributed by atoms with Crippen LogP contribution in [0.1, 0.15) is 22.8 Å². The van der Waals surface area contributed by atoms with E-state index in [4.69, 9.17) is 10.00 Å². The summed E-state index contributed by atoms with van der Waals surface area (Å²) < 4.78 is 5.38. The number of nitro groups is 1. The Morgan fingerprint density at radius 3 is 2.89 bits per heavy atom. The molecule has 1 aliphatic heterocycles. The van der Waals surface area contributed by atoms with Crippen LogP contribution in [0.4, 0.5) is 17.1 Å². The highest BCUT2D eigenvalue weighted by molar-refractivity contribution is 6.05. The summed E-state index contributed by atoms with van der Waals surface area (Å²) in [4.78, 5) is 25.5. The monoisotopic (exact) mass is 366 g/mol. The Morgan fingerprint density at radius 2 is 2.19 bits per heavy atom. The third-order valence-electron chi connectivity index (χ3n) is 4.36. The van der Waals surface area contributed by atoms with Gasteiger partial charge in [-0.05, 0) is 37.3 Å². The summed E-state index contributed by atoms with van der Waals surface area (Å²) in [6.07, 6.45) is 0. The summed E-state index contributed by atoms with van der Waals surface area (Å²) >= 11 is 0. The predicted octanol–water partition coefficient (Wildman–Crippen LogP) is 2.94. The van der Waals surface area contributed by atoms with E-state index in [-0.39, 0.29) is 17.3 Å². The van der Waals surface area contributed by atoms with Crippen LogP contribution in [-0.2, 0) is 4.74 Å². The number of rotatable bonds is 4. The topological polar surface area (TPSA) is 108 Å². The molecule has 3 rings (SSSR count). The van der Waals surface area contributed by atoms with E-state index in [0.29, 0.717) is 36.7 Å². The molecule has 1 N–H and O–H groups in total. The quantitative estimate of drug-likeness (QED) is 0.658. The second-order valence-corrected chi connectivity index (χ2v) is 6.22. The molecule has 0 spiro atoms. The van der Waals surface area contributed by atoms with E-state index in [1.54, 1.807) is 30.3 Å². The first-order valence-corrected chi connectivity index (χ1v) is 8.44. The normalized spacial score (nSPS) is 16.4. The van der Waals surface area contributed by atoms with Crippen molar-refractivity contribution in [2.45, 2.75) is 13.0 Å². The number of carbonyl (C=O) groups excluding carboxylic acids is 1. The molecule has 2 aromatic rings. The van der Waals surface area contributed by atoms with Crippen molar-refractivity contribution >= 4 is 23.0 Å². The van der Waals surface area contributed by atoms with Gasteiger partial charge < -0.3 is 15.0 Å². The Balaban J connectivity index is 1.88. The molecule has 0 saturated carbocycles. The first kappa shape index (κ1) is 18.4. The highest BCUT2D eigenvalue weighted by Gasteiger charge is 2.27. The van der Waals surface area contributed by atoms with E-state index in [9.17, 15) is 14.9 Å². The van der Waals surface area contributed by atoms with Crippen LogP contribution in [0, 0.1) is 21.4 Å². The number of ether oxygens (including phenoxy) is 1. The smallest absolute Gasteiger partial charge is 0.293 e. The minimum atomic E-state index is -0.482. The summed E-state index contributed by atoms with van der Waals surface area (Å²) in [5.74, 6) is -0.477. The molecule has 8 heteroatoms. The highest BCUT2D eigenvalue weighted by atomic mass is 16.6. The van der Waals surface area contributed by atoms with Gasteiger partial charge in [0.1, 0.15) is 5.69 Å². The Hall–Kier alpha value is -3.44. The lowest BCUT2D eigenvalue weighted by molar-refractivity contribution is -0.384. The number of hydrogen-bond acceptors (Lipinski definition) is 6. The maximum absolute atomic E-state index is 12.5. The molecular weight excluding hydrogens is 348 g/mol. The first-order valence-electron chi connectivity index (χ1n) is 8.44. The Bertz CT molecular complexity index is 922. The summed E-state index contributed by atoms with van der Waals surface area (Å²) in [6.45, 7) is 3.48. The number of nitrogens with one attached hydrogen (secondary N) is 1. The number of benzene rings is 2. The molecule has 0 unspecified atom stereocenters. The maximum Gasteiger partial charge on any atom is 0.293 e. The average molecular weight is 366 g/mol. The van der Waals surface area contributed by atoms with Crippen molar-refractivity contribution in [3.05, 3.63) is 63.7 Å². The number of hydrogen-bond donors (Lipinski definition) is 1. The molecule has 0 bridgehead atoms. The van der Waals surface area contributed by atoms with E-state index in [1.165, 1.54) is 12.1 Å². The fraction of sp³-hybridized carbons (Fsp3) is 0.263. The van der Waals surface area contributed by atoms with Crippen LogP contribution in [-0.4, -0.2) is 36.6 Å². The Morgan fingerprint density at radius 1 is 1.37 bits per heavy atom. The van der Waals surface area contributed by atoms with E-state index >= 15 is 0 Å². The molecule has 1 heterocycles. The number of nitro benzene ring substituents is 1. The Kier molecular flexibility index (Phi) is 5.33. The van der Waals surface area contributed by atoms with E-state index < -0.39 is 10.8 Å². The lowest BCUT2D eigenvalue weighted by Crippen LogP contribution is -2.44. The van der Waals surface area contributed by atoms with Crippen molar-refractivity contribution in [2.75, 3.05) is 30.0 Å². The number of carbonyl (C=O) groups is 1. The van der Waals surface area contributed by atoms with Crippen LogP contribution < -0.4 is 10.2 Å². The summed E-state index contributed by atoms with van der Waals surface area (Å²) in [6, 6.07) is 12.9.